The first-order valence-corrected chi connectivity index (χ1v) is 6.63. The Balaban J connectivity index is 0. The van der Waals surface area contributed by atoms with Gasteiger partial charge in [0.05, 0.1) is 0 Å². The molecule has 0 saturated carbocycles. The number of carbonyl (C=O) groups excluding carboxylic acids is 1. The third-order valence-electron chi connectivity index (χ3n) is 2.72. The largest absolute Gasteiger partial charge is 0.404 e. The Morgan fingerprint density at radius 2 is 2.00 bits per heavy atom. The highest BCUT2D eigenvalue weighted by Gasteiger charge is 2.09. The Morgan fingerprint density at radius 3 is 2.47 bits per heavy atom. The second kappa shape index (κ2) is 9.09. The lowest BCUT2D eigenvalue weighted by molar-refractivity contribution is 0.112. The fourth-order valence-corrected chi connectivity index (χ4v) is 1.82. The average molecular weight is 262 g/mol. The van der Waals surface area contributed by atoms with E-state index in [4.69, 9.17) is 5.73 Å². The summed E-state index contributed by atoms with van der Waals surface area (Å²) in [5.74, 6) is 0. The van der Waals surface area contributed by atoms with Crippen LogP contribution in [0.4, 0.5) is 0 Å². The zero-order valence-corrected chi connectivity index (χ0v) is 12.5. The first-order valence-electron chi connectivity index (χ1n) is 6.63. The Morgan fingerprint density at radius 1 is 1.37 bits per heavy atom. The molecule has 2 N–H and O–H groups in total. The van der Waals surface area contributed by atoms with Crippen LogP contribution in [0.1, 0.15) is 49.2 Å². The highest BCUT2D eigenvalue weighted by Crippen LogP contribution is 2.23. The van der Waals surface area contributed by atoms with Crippen LogP contribution in [0.25, 0.3) is 5.57 Å². The maximum Gasteiger partial charge on any atom is 0.150 e. The van der Waals surface area contributed by atoms with Crippen molar-refractivity contribution in [3.63, 3.8) is 0 Å². The summed E-state index contributed by atoms with van der Waals surface area (Å²) in [7, 11) is 0. The molecule has 0 amide bonds. The first-order chi connectivity index (χ1) is 9.15. The number of nitrogens with two attached hydrogens (primary N) is 1. The van der Waals surface area contributed by atoms with Crippen LogP contribution < -0.4 is 5.73 Å². The summed E-state index contributed by atoms with van der Waals surface area (Å²) in [5, 5.41) is 0. The van der Waals surface area contributed by atoms with Crippen LogP contribution in [-0.2, 0) is 0 Å². The Bertz CT molecular complexity index is 480. The molecule has 0 atom stereocenters. The molecule has 19 heavy (non-hydrogen) atoms. The lowest BCUT2D eigenvalue weighted by Gasteiger charge is -2.12. The van der Waals surface area contributed by atoms with Crippen molar-refractivity contribution < 1.29 is 6.22 Å². The molecule has 0 aromatic heterocycles. The average Bonchev–Trinajstić information content (AvgIpc) is 2.44. The van der Waals surface area contributed by atoms with Crippen LogP contribution in [0.15, 0.2) is 23.3 Å². The molecule has 0 aliphatic rings. The standard InChI is InChI=1S/C14H18N2O.C2H6.H2/c1-4-16-8-13(7-15)14-10(2)5-6-12(9-17)11(14)3;1-2;/h5-9H,4,15H2,1-3H3;1-2H3;1H/b13-7+,16-8?;;. The van der Waals surface area contributed by atoms with Crippen LogP contribution in [0.2, 0.25) is 0 Å². The second-order valence-electron chi connectivity index (χ2n) is 3.84. The van der Waals surface area contributed by atoms with Crippen molar-refractivity contribution in [3.8, 4) is 0 Å². The van der Waals surface area contributed by atoms with Crippen molar-refractivity contribution in [1.29, 1.82) is 0 Å². The zero-order chi connectivity index (χ0) is 14.8. The Kier molecular flexibility index (Phi) is 8.18. The SMILES string of the molecule is CC.CCN=C/C(=C\N)c1c(C)ccc(C=O)c1C.[HH]. The van der Waals surface area contributed by atoms with Gasteiger partial charge in [-0.3, -0.25) is 9.79 Å². The maximum atomic E-state index is 10.9. The number of rotatable bonds is 4. The molecule has 0 fully saturated rings. The van der Waals surface area contributed by atoms with Crippen molar-refractivity contribution in [2.75, 3.05) is 6.54 Å². The van der Waals surface area contributed by atoms with Gasteiger partial charge in [-0.25, -0.2) is 0 Å². The highest BCUT2D eigenvalue weighted by molar-refractivity contribution is 6.11. The van der Waals surface area contributed by atoms with E-state index in [0.717, 1.165) is 28.5 Å². The lowest BCUT2D eigenvalue weighted by Crippen LogP contribution is -2.01. The number of aldehydes is 1. The quantitative estimate of drug-likeness (QED) is 0.663. The second-order valence-corrected chi connectivity index (χ2v) is 3.84. The van der Waals surface area contributed by atoms with Gasteiger partial charge in [0.2, 0.25) is 0 Å². The van der Waals surface area contributed by atoms with Gasteiger partial charge in [0.1, 0.15) is 6.29 Å². The molecule has 3 nitrogen and oxygen atoms in total. The molecular formula is C16H26N2O. The van der Waals surface area contributed by atoms with E-state index in [1.165, 1.54) is 6.20 Å². The van der Waals surface area contributed by atoms with E-state index >= 15 is 0 Å². The van der Waals surface area contributed by atoms with Crippen LogP contribution in [-0.4, -0.2) is 19.0 Å². The molecule has 3 heteroatoms. The molecule has 0 spiro atoms. The normalized spacial score (nSPS) is 11.1. The molecule has 0 saturated heterocycles. The van der Waals surface area contributed by atoms with E-state index in [1.807, 2.05) is 46.8 Å². The molecule has 106 valence electrons. The molecule has 1 rings (SSSR count). The molecule has 0 bridgehead atoms. The number of benzene rings is 1. The Labute approximate surface area is 117 Å². The number of carbonyl (C=O) groups is 1. The molecule has 0 aliphatic carbocycles. The minimum atomic E-state index is 0. The van der Waals surface area contributed by atoms with Gasteiger partial charge in [0.25, 0.3) is 0 Å². The van der Waals surface area contributed by atoms with Crippen molar-refractivity contribution in [3.05, 3.63) is 40.6 Å². The third kappa shape index (κ3) is 4.36. The van der Waals surface area contributed by atoms with Crippen molar-refractivity contribution in [2.45, 2.75) is 34.6 Å². The van der Waals surface area contributed by atoms with Crippen molar-refractivity contribution in [2.24, 2.45) is 10.7 Å². The lowest BCUT2D eigenvalue weighted by atomic mass is 9.93. The zero-order valence-electron chi connectivity index (χ0n) is 12.5. The van der Waals surface area contributed by atoms with Crippen molar-refractivity contribution in [1.82, 2.24) is 0 Å². The third-order valence-corrected chi connectivity index (χ3v) is 2.72. The van der Waals surface area contributed by atoms with E-state index < -0.39 is 0 Å². The first kappa shape index (κ1) is 17.1. The smallest absolute Gasteiger partial charge is 0.150 e. The minimum Gasteiger partial charge on any atom is -0.404 e. The summed E-state index contributed by atoms with van der Waals surface area (Å²) in [4.78, 5) is 15.1. The number of hydrogen-bond acceptors (Lipinski definition) is 3. The van der Waals surface area contributed by atoms with E-state index in [-0.39, 0.29) is 1.43 Å². The van der Waals surface area contributed by atoms with Crippen molar-refractivity contribution >= 4 is 18.1 Å². The van der Waals surface area contributed by atoms with Crippen LogP contribution in [0, 0.1) is 13.8 Å². The van der Waals surface area contributed by atoms with Gasteiger partial charge in [-0.2, -0.15) is 0 Å². The summed E-state index contributed by atoms with van der Waals surface area (Å²) in [6.07, 6.45) is 4.15. The van der Waals surface area contributed by atoms with Gasteiger partial charge in [-0.15, -0.1) is 0 Å². The van der Waals surface area contributed by atoms with Crippen LogP contribution in [0.5, 0.6) is 0 Å². The molecule has 0 unspecified atom stereocenters. The van der Waals surface area contributed by atoms with E-state index in [1.54, 1.807) is 6.21 Å². The fraction of sp³-hybridized carbons (Fsp3) is 0.375. The summed E-state index contributed by atoms with van der Waals surface area (Å²) in [5.41, 5.74) is 10.2. The monoisotopic (exact) mass is 262 g/mol. The predicted octanol–water partition coefficient (Wildman–Crippen LogP) is 3.78. The number of aryl methyl sites for hydroxylation is 1. The van der Waals surface area contributed by atoms with Gasteiger partial charge in [-0.1, -0.05) is 26.0 Å². The summed E-state index contributed by atoms with van der Waals surface area (Å²) >= 11 is 0. The summed E-state index contributed by atoms with van der Waals surface area (Å²) in [6.45, 7) is 10.6. The van der Waals surface area contributed by atoms with Gasteiger partial charge >= 0.3 is 0 Å². The minimum absolute atomic E-state index is 0. The number of allylic oxidation sites excluding steroid dienone is 1. The van der Waals surface area contributed by atoms with Gasteiger partial charge < -0.3 is 5.73 Å². The molecule has 1 aromatic rings. The summed E-state index contributed by atoms with van der Waals surface area (Å²) < 4.78 is 0. The van der Waals surface area contributed by atoms with E-state index in [0.29, 0.717) is 12.1 Å². The van der Waals surface area contributed by atoms with E-state index in [9.17, 15) is 4.79 Å². The van der Waals surface area contributed by atoms with Crippen LogP contribution >= 0.6 is 0 Å². The number of hydrogen-bond donors (Lipinski definition) is 1. The number of nitrogens with zero attached hydrogens (tertiary/aromatic N) is 1. The predicted molar refractivity (Wildman–Crippen MR) is 86.0 cm³/mol. The Hall–Kier alpha value is -1.90. The molecule has 0 aliphatic heterocycles. The maximum absolute atomic E-state index is 10.9. The van der Waals surface area contributed by atoms with Gasteiger partial charge in [-0.05, 0) is 37.5 Å². The number of aliphatic imine (C=N–C) groups is 1. The topological polar surface area (TPSA) is 55.4 Å². The van der Waals surface area contributed by atoms with E-state index in [2.05, 4.69) is 4.99 Å². The molecule has 0 heterocycles. The highest BCUT2D eigenvalue weighted by atomic mass is 16.1. The molecule has 1 aromatic carbocycles. The fourth-order valence-electron chi connectivity index (χ4n) is 1.82. The molecule has 0 radical (unpaired) electrons. The van der Waals surface area contributed by atoms with Crippen LogP contribution in [0.3, 0.4) is 0 Å². The van der Waals surface area contributed by atoms with Gasteiger partial charge in [0, 0.05) is 31.5 Å². The summed E-state index contributed by atoms with van der Waals surface area (Å²) in [6, 6.07) is 3.75. The van der Waals surface area contributed by atoms with Gasteiger partial charge in [0.15, 0.2) is 0 Å². The molecular weight excluding hydrogens is 236 g/mol.